The molecule has 0 unspecified atom stereocenters. The van der Waals surface area contributed by atoms with Gasteiger partial charge in [0.15, 0.2) is 5.11 Å². The van der Waals surface area contributed by atoms with Crippen molar-refractivity contribution < 1.29 is 13.2 Å². The minimum absolute atomic E-state index is 0.286. The first-order valence-corrected chi connectivity index (χ1v) is 10.0. The average Bonchev–Trinajstić information content (AvgIpc) is 3.22. The molecule has 0 aliphatic carbocycles. The van der Waals surface area contributed by atoms with Gasteiger partial charge >= 0.3 is 6.18 Å². The molecule has 0 amide bonds. The Balaban J connectivity index is 1.72. The summed E-state index contributed by atoms with van der Waals surface area (Å²) in [5, 5.41) is 3.88. The summed E-state index contributed by atoms with van der Waals surface area (Å²) >= 11 is 11.8. The van der Waals surface area contributed by atoms with Crippen LogP contribution in [0.1, 0.15) is 17.5 Å². The van der Waals surface area contributed by atoms with Crippen molar-refractivity contribution in [1.82, 2.24) is 14.5 Å². The number of benzene rings is 2. The Morgan fingerprint density at radius 2 is 1.97 bits per heavy atom. The third-order valence-corrected chi connectivity index (χ3v) is 5.18. The fourth-order valence-corrected chi connectivity index (χ4v) is 3.39. The van der Waals surface area contributed by atoms with Gasteiger partial charge in [-0.05, 0) is 48.5 Å². The van der Waals surface area contributed by atoms with Crippen LogP contribution in [-0.2, 0) is 19.3 Å². The van der Waals surface area contributed by atoms with Crippen LogP contribution in [-0.4, -0.2) is 26.1 Å². The van der Waals surface area contributed by atoms with E-state index in [1.807, 2.05) is 33.9 Å². The SMILES string of the molecule is FC(F)(F)c1cccc(NC(=S)N(CCCn2ccnc2)Cc2ccccc2Cl)c1. The van der Waals surface area contributed by atoms with Gasteiger partial charge in [-0.25, -0.2) is 4.98 Å². The van der Waals surface area contributed by atoms with E-state index in [1.54, 1.807) is 24.7 Å². The van der Waals surface area contributed by atoms with Gasteiger partial charge in [-0.2, -0.15) is 13.2 Å². The summed E-state index contributed by atoms with van der Waals surface area (Å²) in [6.07, 6.45) is 1.67. The number of anilines is 1. The number of imidazole rings is 1. The fourth-order valence-electron chi connectivity index (χ4n) is 2.92. The smallest absolute Gasteiger partial charge is 0.345 e. The monoisotopic (exact) mass is 452 g/mol. The molecule has 0 aliphatic rings. The normalized spacial score (nSPS) is 11.3. The van der Waals surface area contributed by atoms with E-state index >= 15 is 0 Å². The number of alkyl halides is 3. The highest BCUT2D eigenvalue weighted by Gasteiger charge is 2.30. The molecule has 2 aromatic carbocycles. The molecule has 4 nitrogen and oxygen atoms in total. The Morgan fingerprint density at radius 3 is 2.67 bits per heavy atom. The van der Waals surface area contributed by atoms with Crippen molar-refractivity contribution in [3.05, 3.63) is 83.4 Å². The third-order valence-electron chi connectivity index (χ3n) is 4.45. The highest BCUT2D eigenvalue weighted by atomic mass is 35.5. The first-order valence-electron chi connectivity index (χ1n) is 9.25. The van der Waals surface area contributed by atoms with E-state index < -0.39 is 11.7 Å². The van der Waals surface area contributed by atoms with E-state index in [2.05, 4.69) is 10.3 Å². The Bertz CT molecular complexity index is 976. The maximum Gasteiger partial charge on any atom is 0.416 e. The largest absolute Gasteiger partial charge is 0.416 e. The van der Waals surface area contributed by atoms with Crippen LogP contribution in [0.25, 0.3) is 0 Å². The number of hydrogen-bond acceptors (Lipinski definition) is 2. The minimum Gasteiger partial charge on any atom is -0.345 e. The highest BCUT2D eigenvalue weighted by molar-refractivity contribution is 7.80. The first-order chi connectivity index (χ1) is 14.3. The van der Waals surface area contributed by atoms with E-state index in [0.717, 1.165) is 30.7 Å². The van der Waals surface area contributed by atoms with Crippen LogP contribution in [0.5, 0.6) is 0 Å². The van der Waals surface area contributed by atoms with Crippen molar-refractivity contribution in [3.63, 3.8) is 0 Å². The molecule has 158 valence electrons. The summed E-state index contributed by atoms with van der Waals surface area (Å²) in [5.74, 6) is 0. The van der Waals surface area contributed by atoms with Crippen LogP contribution in [0.3, 0.4) is 0 Å². The number of nitrogens with zero attached hydrogens (tertiary/aromatic N) is 3. The van der Waals surface area contributed by atoms with Crippen LogP contribution < -0.4 is 5.32 Å². The van der Waals surface area contributed by atoms with E-state index in [0.29, 0.717) is 23.2 Å². The summed E-state index contributed by atoms with van der Waals surface area (Å²) in [6, 6.07) is 12.4. The second-order valence-electron chi connectivity index (χ2n) is 6.68. The lowest BCUT2D eigenvalue weighted by atomic mass is 10.2. The summed E-state index contributed by atoms with van der Waals surface area (Å²) in [6.45, 7) is 1.77. The molecule has 1 heterocycles. The van der Waals surface area contributed by atoms with Crippen molar-refractivity contribution in [2.24, 2.45) is 0 Å². The second-order valence-corrected chi connectivity index (χ2v) is 7.47. The lowest BCUT2D eigenvalue weighted by Gasteiger charge is -2.27. The Morgan fingerprint density at radius 1 is 1.17 bits per heavy atom. The molecular weight excluding hydrogens is 433 g/mol. The quantitative estimate of drug-likeness (QED) is 0.456. The number of nitrogens with one attached hydrogen (secondary N) is 1. The average molecular weight is 453 g/mol. The molecule has 0 saturated heterocycles. The van der Waals surface area contributed by atoms with Gasteiger partial charge in [0.25, 0.3) is 0 Å². The molecular formula is C21H20ClF3N4S. The predicted octanol–water partition coefficient (Wildman–Crippen LogP) is 5.84. The fraction of sp³-hybridized carbons (Fsp3) is 0.238. The van der Waals surface area contributed by atoms with Crippen molar-refractivity contribution in [2.45, 2.75) is 25.7 Å². The molecule has 0 saturated carbocycles. The minimum atomic E-state index is -4.42. The molecule has 0 atom stereocenters. The summed E-state index contributed by atoms with van der Waals surface area (Å²) in [7, 11) is 0. The Hall–Kier alpha value is -2.58. The molecule has 0 aliphatic heterocycles. The van der Waals surface area contributed by atoms with Crippen molar-refractivity contribution in [3.8, 4) is 0 Å². The number of rotatable bonds is 7. The van der Waals surface area contributed by atoms with Crippen LogP contribution in [0.15, 0.2) is 67.3 Å². The molecule has 0 bridgehead atoms. The van der Waals surface area contributed by atoms with Crippen LogP contribution >= 0.6 is 23.8 Å². The number of thiocarbonyl (C=S) groups is 1. The van der Waals surface area contributed by atoms with E-state index in [-0.39, 0.29) is 5.69 Å². The molecule has 0 fully saturated rings. The van der Waals surface area contributed by atoms with Crippen molar-refractivity contribution in [1.29, 1.82) is 0 Å². The molecule has 1 N–H and O–H groups in total. The van der Waals surface area contributed by atoms with E-state index in [1.165, 1.54) is 6.07 Å². The van der Waals surface area contributed by atoms with E-state index in [4.69, 9.17) is 23.8 Å². The highest BCUT2D eigenvalue weighted by Crippen LogP contribution is 2.30. The van der Waals surface area contributed by atoms with Gasteiger partial charge in [0.05, 0.1) is 11.9 Å². The summed E-state index contributed by atoms with van der Waals surface area (Å²) in [5.41, 5.74) is 0.441. The zero-order valence-electron chi connectivity index (χ0n) is 15.9. The van der Waals surface area contributed by atoms with Gasteiger partial charge in [0, 0.05) is 42.7 Å². The van der Waals surface area contributed by atoms with Crippen molar-refractivity contribution in [2.75, 3.05) is 11.9 Å². The number of aromatic nitrogens is 2. The van der Waals surface area contributed by atoms with Crippen LogP contribution in [0, 0.1) is 0 Å². The van der Waals surface area contributed by atoms with Crippen LogP contribution in [0.2, 0.25) is 5.02 Å². The third kappa shape index (κ3) is 6.21. The zero-order chi connectivity index (χ0) is 21.6. The molecule has 30 heavy (non-hydrogen) atoms. The predicted molar refractivity (Wildman–Crippen MR) is 116 cm³/mol. The number of aryl methyl sites for hydroxylation is 1. The molecule has 1 aromatic heterocycles. The lowest BCUT2D eigenvalue weighted by molar-refractivity contribution is -0.137. The molecule has 0 spiro atoms. The number of halogens is 4. The maximum atomic E-state index is 13.0. The maximum absolute atomic E-state index is 13.0. The first kappa shape index (κ1) is 22.1. The van der Waals surface area contributed by atoms with Gasteiger partial charge in [-0.15, -0.1) is 0 Å². The van der Waals surface area contributed by atoms with Gasteiger partial charge in [0.2, 0.25) is 0 Å². The molecule has 0 radical (unpaired) electrons. The lowest BCUT2D eigenvalue weighted by Crippen LogP contribution is -2.35. The Labute approximate surface area is 183 Å². The van der Waals surface area contributed by atoms with Gasteiger partial charge in [-0.1, -0.05) is 35.9 Å². The topological polar surface area (TPSA) is 33.1 Å². The van der Waals surface area contributed by atoms with E-state index in [9.17, 15) is 13.2 Å². The molecule has 3 aromatic rings. The van der Waals surface area contributed by atoms with Gasteiger partial charge < -0.3 is 14.8 Å². The summed E-state index contributed by atoms with van der Waals surface area (Å²) < 4.78 is 41.0. The zero-order valence-corrected chi connectivity index (χ0v) is 17.5. The van der Waals surface area contributed by atoms with Gasteiger partial charge in [-0.3, -0.25) is 0 Å². The number of hydrogen-bond donors (Lipinski definition) is 1. The van der Waals surface area contributed by atoms with Gasteiger partial charge in [0.1, 0.15) is 0 Å². The van der Waals surface area contributed by atoms with Crippen LogP contribution in [0.4, 0.5) is 18.9 Å². The standard InChI is InChI=1S/C21H20ClF3N4S/c22-19-8-2-1-5-16(19)14-29(11-4-10-28-12-9-26-15-28)20(30)27-18-7-3-6-17(13-18)21(23,24)25/h1-3,5-9,12-13,15H,4,10-11,14H2,(H,27,30). The Kier molecular flexibility index (Phi) is 7.33. The van der Waals surface area contributed by atoms with Crippen molar-refractivity contribution >= 4 is 34.6 Å². The summed E-state index contributed by atoms with van der Waals surface area (Å²) in [4.78, 5) is 5.92. The molecule has 9 heteroatoms. The second kappa shape index (κ2) is 9.95. The molecule has 3 rings (SSSR count).